The van der Waals surface area contributed by atoms with Crippen LogP contribution in [0.3, 0.4) is 0 Å². The Morgan fingerprint density at radius 1 is 1.33 bits per heavy atom. The van der Waals surface area contributed by atoms with Crippen molar-refractivity contribution in [3.8, 4) is 0 Å². The second-order valence-corrected chi connectivity index (χ2v) is 7.61. The summed E-state index contributed by atoms with van der Waals surface area (Å²) in [6.45, 7) is 0.410. The molecule has 0 aromatic carbocycles. The third-order valence-electron chi connectivity index (χ3n) is 3.02. The van der Waals surface area contributed by atoms with E-state index in [1.807, 2.05) is 0 Å². The van der Waals surface area contributed by atoms with E-state index in [0.717, 1.165) is 25.0 Å². The Labute approximate surface area is 134 Å². The Balaban J connectivity index is 2.06. The Kier molecular flexibility index (Phi) is 5.92. The maximum Gasteiger partial charge on any atom is 0.259 e. The fourth-order valence-electron chi connectivity index (χ4n) is 2.01. The molecule has 1 N–H and O–H groups in total. The molecule has 0 aliphatic carbocycles. The molecule has 0 aliphatic heterocycles. The first kappa shape index (κ1) is 16.6. The van der Waals surface area contributed by atoms with Crippen LogP contribution in [0.4, 0.5) is 0 Å². The Hall–Kier alpha value is -0.760. The number of imidazole rings is 1. The van der Waals surface area contributed by atoms with Crippen LogP contribution in [0.15, 0.2) is 29.4 Å². The Bertz CT molecular complexity index is 701. The maximum atomic E-state index is 12.4. The summed E-state index contributed by atoms with van der Waals surface area (Å²) in [6.07, 6.45) is 6.62. The number of rotatable bonds is 8. The van der Waals surface area contributed by atoms with Gasteiger partial charge in [-0.15, -0.1) is 0 Å². The van der Waals surface area contributed by atoms with Gasteiger partial charge in [0.25, 0.3) is 10.0 Å². The first-order chi connectivity index (χ1) is 10.1. The molecule has 0 radical (unpaired) electrons. The van der Waals surface area contributed by atoms with Crippen molar-refractivity contribution in [2.24, 2.45) is 0 Å². The Morgan fingerprint density at radius 3 is 2.90 bits per heavy atom. The number of pyridine rings is 1. The number of unbranched alkanes of at least 4 members (excludes halogenated alkanes) is 2. The lowest BCUT2D eigenvalue weighted by atomic mass is 10.2. The third-order valence-corrected chi connectivity index (χ3v) is 5.57. The van der Waals surface area contributed by atoms with Gasteiger partial charge in [-0.1, -0.05) is 24.1 Å². The normalized spacial score (nSPS) is 12.1. The first-order valence-electron chi connectivity index (χ1n) is 6.67. The molecule has 2 heterocycles. The molecule has 0 aliphatic rings. The molecule has 2 aromatic rings. The van der Waals surface area contributed by atoms with E-state index in [2.05, 4.69) is 16.0 Å². The molecule has 5 nitrogen and oxygen atoms in total. The van der Waals surface area contributed by atoms with E-state index in [0.29, 0.717) is 12.2 Å². The molecular formula is C13H18ClN3O2S2. The molecule has 2 rings (SSSR count). The third kappa shape index (κ3) is 4.12. The molecule has 21 heavy (non-hydrogen) atoms. The molecule has 0 spiro atoms. The maximum absolute atomic E-state index is 12.4. The quantitative estimate of drug-likeness (QED) is 0.746. The topological polar surface area (TPSA) is 63.5 Å². The highest BCUT2D eigenvalue weighted by atomic mass is 35.5. The highest BCUT2D eigenvalue weighted by Gasteiger charge is 2.23. The largest absolute Gasteiger partial charge is 0.288 e. The molecule has 0 amide bonds. The van der Waals surface area contributed by atoms with E-state index in [1.165, 1.54) is 4.40 Å². The summed E-state index contributed by atoms with van der Waals surface area (Å²) in [6, 6.07) is 5.24. The standard InChI is InChI=1S/C13H18ClN3O2S2/c1-20-10-6-2-4-8-15-21(18,19)13-12(14)16-11-7-3-5-9-17(11)13/h3,5,7,9,15H,2,4,6,8,10H2,1H3. The van der Waals surface area contributed by atoms with Crippen LogP contribution in [-0.4, -0.2) is 36.4 Å². The molecule has 0 bridgehead atoms. The molecule has 0 fully saturated rings. The molecule has 0 atom stereocenters. The highest BCUT2D eigenvalue weighted by molar-refractivity contribution is 7.98. The summed E-state index contributed by atoms with van der Waals surface area (Å²) in [5.41, 5.74) is 0.517. The predicted molar refractivity (Wildman–Crippen MR) is 87.6 cm³/mol. The Morgan fingerprint density at radius 2 is 2.14 bits per heavy atom. The van der Waals surface area contributed by atoms with Gasteiger partial charge in [0.2, 0.25) is 0 Å². The lowest BCUT2D eigenvalue weighted by Crippen LogP contribution is -2.26. The number of hydrogen-bond donors (Lipinski definition) is 1. The van der Waals surface area contributed by atoms with Gasteiger partial charge in [-0.3, -0.25) is 4.40 Å². The van der Waals surface area contributed by atoms with Crippen molar-refractivity contribution in [2.75, 3.05) is 18.6 Å². The number of halogens is 1. The minimum atomic E-state index is -3.65. The fourth-order valence-corrected chi connectivity index (χ4v) is 4.21. The number of sulfonamides is 1. The molecule has 0 saturated carbocycles. The van der Waals surface area contributed by atoms with E-state index in [9.17, 15) is 8.42 Å². The van der Waals surface area contributed by atoms with E-state index in [1.54, 1.807) is 36.2 Å². The zero-order valence-corrected chi connectivity index (χ0v) is 14.1. The monoisotopic (exact) mass is 347 g/mol. The van der Waals surface area contributed by atoms with E-state index >= 15 is 0 Å². The molecule has 0 saturated heterocycles. The van der Waals surface area contributed by atoms with Gasteiger partial charge in [0, 0.05) is 12.7 Å². The molecule has 116 valence electrons. The van der Waals surface area contributed by atoms with Crippen molar-refractivity contribution < 1.29 is 8.42 Å². The zero-order valence-electron chi connectivity index (χ0n) is 11.8. The molecular weight excluding hydrogens is 330 g/mol. The van der Waals surface area contributed by atoms with Gasteiger partial charge in [0.15, 0.2) is 10.2 Å². The van der Waals surface area contributed by atoms with Gasteiger partial charge in [-0.2, -0.15) is 11.8 Å². The average Bonchev–Trinajstić information content (AvgIpc) is 2.79. The summed E-state index contributed by atoms with van der Waals surface area (Å²) >= 11 is 7.78. The second kappa shape index (κ2) is 7.49. The van der Waals surface area contributed by atoms with Gasteiger partial charge < -0.3 is 0 Å². The number of fused-ring (bicyclic) bond motifs is 1. The van der Waals surface area contributed by atoms with Gasteiger partial charge in [0.05, 0.1) is 0 Å². The number of hydrogen-bond acceptors (Lipinski definition) is 4. The number of nitrogens with one attached hydrogen (secondary N) is 1. The molecule has 0 unspecified atom stereocenters. The lowest BCUT2D eigenvalue weighted by Gasteiger charge is -2.06. The van der Waals surface area contributed by atoms with Crippen molar-refractivity contribution in [3.05, 3.63) is 29.5 Å². The van der Waals surface area contributed by atoms with Crippen LogP contribution < -0.4 is 4.72 Å². The van der Waals surface area contributed by atoms with Crippen LogP contribution in [0.25, 0.3) is 5.65 Å². The minimum absolute atomic E-state index is 0.00359. The van der Waals surface area contributed by atoms with Crippen LogP contribution in [0.5, 0.6) is 0 Å². The zero-order chi connectivity index (χ0) is 15.3. The van der Waals surface area contributed by atoms with Gasteiger partial charge >= 0.3 is 0 Å². The van der Waals surface area contributed by atoms with Crippen LogP contribution in [0.1, 0.15) is 19.3 Å². The lowest BCUT2D eigenvalue weighted by molar-refractivity contribution is 0.571. The van der Waals surface area contributed by atoms with Crippen molar-refractivity contribution >= 4 is 39.0 Å². The number of aromatic nitrogens is 2. The highest BCUT2D eigenvalue weighted by Crippen LogP contribution is 2.22. The first-order valence-corrected chi connectivity index (χ1v) is 9.93. The summed E-state index contributed by atoms with van der Waals surface area (Å²) in [5.74, 6) is 1.10. The van der Waals surface area contributed by atoms with Crippen LogP contribution >= 0.6 is 23.4 Å². The summed E-state index contributed by atoms with van der Waals surface area (Å²) < 4.78 is 28.8. The van der Waals surface area contributed by atoms with Gasteiger partial charge in [-0.05, 0) is 37.0 Å². The fraction of sp³-hybridized carbons (Fsp3) is 0.462. The SMILES string of the molecule is CSCCCCCNS(=O)(=O)c1c(Cl)nc2ccccn12. The van der Waals surface area contributed by atoms with Crippen molar-refractivity contribution in [1.29, 1.82) is 0 Å². The van der Waals surface area contributed by atoms with Gasteiger partial charge in [0.1, 0.15) is 5.65 Å². The van der Waals surface area contributed by atoms with Crippen molar-refractivity contribution in [2.45, 2.75) is 24.3 Å². The molecule has 2 aromatic heterocycles. The van der Waals surface area contributed by atoms with Crippen LogP contribution in [0.2, 0.25) is 5.15 Å². The summed E-state index contributed by atoms with van der Waals surface area (Å²) in [7, 11) is -3.65. The van der Waals surface area contributed by atoms with Crippen molar-refractivity contribution in [3.63, 3.8) is 0 Å². The number of thioether (sulfide) groups is 1. The van der Waals surface area contributed by atoms with E-state index in [4.69, 9.17) is 11.6 Å². The van der Waals surface area contributed by atoms with Crippen LogP contribution in [-0.2, 0) is 10.0 Å². The molecule has 8 heteroatoms. The smallest absolute Gasteiger partial charge is 0.259 e. The van der Waals surface area contributed by atoms with Crippen molar-refractivity contribution in [1.82, 2.24) is 14.1 Å². The average molecular weight is 348 g/mol. The second-order valence-electron chi connectivity index (χ2n) is 4.59. The van der Waals surface area contributed by atoms with Crippen LogP contribution in [0, 0.1) is 0 Å². The summed E-state index contributed by atoms with van der Waals surface area (Å²) in [4.78, 5) is 4.05. The predicted octanol–water partition coefficient (Wildman–Crippen LogP) is 2.80. The van der Waals surface area contributed by atoms with E-state index in [-0.39, 0.29) is 10.2 Å². The summed E-state index contributed by atoms with van der Waals surface area (Å²) in [5, 5.41) is -0.0000339. The number of nitrogens with zero attached hydrogens (tertiary/aromatic N) is 2. The van der Waals surface area contributed by atoms with E-state index < -0.39 is 10.0 Å². The van der Waals surface area contributed by atoms with Gasteiger partial charge in [-0.25, -0.2) is 18.1 Å². The minimum Gasteiger partial charge on any atom is -0.288 e.